The molecule has 1 aliphatic heterocycles. The number of hydrogen-bond acceptors (Lipinski definition) is 2. The molecular formula is C13H12FNO. The molecule has 3 heteroatoms. The van der Waals surface area contributed by atoms with Crippen molar-refractivity contribution in [3.05, 3.63) is 41.9 Å². The van der Waals surface area contributed by atoms with Gasteiger partial charge in [-0.3, -0.25) is 0 Å². The van der Waals surface area contributed by atoms with Gasteiger partial charge in [-0.1, -0.05) is 6.08 Å². The van der Waals surface area contributed by atoms with Crippen LogP contribution in [0.15, 0.2) is 35.0 Å². The first kappa shape index (κ1) is 9.60. The lowest BCUT2D eigenvalue weighted by Gasteiger charge is -2.14. The lowest BCUT2D eigenvalue weighted by Crippen LogP contribution is -2.20. The molecule has 16 heavy (non-hydrogen) atoms. The maximum absolute atomic E-state index is 13.4. The number of fused-ring (bicyclic) bond motifs is 1. The van der Waals surface area contributed by atoms with E-state index in [1.54, 1.807) is 18.4 Å². The summed E-state index contributed by atoms with van der Waals surface area (Å²) >= 11 is 0. The summed E-state index contributed by atoms with van der Waals surface area (Å²) in [5.74, 6) is -0.205. The number of halogens is 1. The molecule has 82 valence electrons. The van der Waals surface area contributed by atoms with Crippen LogP contribution in [-0.2, 0) is 0 Å². The van der Waals surface area contributed by atoms with Gasteiger partial charge in [0.25, 0.3) is 0 Å². The summed E-state index contributed by atoms with van der Waals surface area (Å²) in [6.45, 7) is 1.78. The fraction of sp³-hybridized carbons (Fsp3) is 0.231. The van der Waals surface area contributed by atoms with Crippen molar-refractivity contribution in [1.29, 1.82) is 0 Å². The Balaban J connectivity index is 2.21. The maximum atomic E-state index is 13.4. The molecule has 1 aromatic carbocycles. The van der Waals surface area contributed by atoms with E-state index in [2.05, 4.69) is 11.4 Å². The molecule has 1 N–H and O–H groups in total. The molecule has 0 spiro atoms. The van der Waals surface area contributed by atoms with Crippen LogP contribution in [0.25, 0.3) is 16.5 Å². The van der Waals surface area contributed by atoms with Crippen molar-refractivity contribution in [3.63, 3.8) is 0 Å². The zero-order chi connectivity index (χ0) is 11.0. The third-order valence-corrected chi connectivity index (χ3v) is 2.93. The second-order valence-electron chi connectivity index (χ2n) is 3.98. The van der Waals surface area contributed by atoms with Gasteiger partial charge in [0.1, 0.15) is 11.4 Å². The average molecular weight is 217 g/mol. The molecule has 0 unspecified atom stereocenters. The van der Waals surface area contributed by atoms with Crippen LogP contribution in [-0.4, -0.2) is 13.1 Å². The largest absolute Gasteiger partial charge is 0.464 e. The molecule has 0 aliphatic carbocycles. The molecule has 1 aromatic heterocycles. The zero-order valence-corrected chi connectivity index (χ0v) is 8.79. The Bertz CT molecular complexity index is 556. The van der Waals surface area contributed by atoms with Gasteiger partial charge in [0.2, 0.25) is 0 Å². The molecule has 1 aliphatic rings. The lowest BCUT2D eigenvalue weighted by atomic mass is 9.98. The Morgan fingerprint density at radius 1 is 1.31 bits per heavy atom. The van der Waals surface area contributed by atoms with Crippen LogP contribution in [0.3, 0.4) is 0 Å². The van der Waals surface area contributed by atoms with Crippen molar-refractivity contribution < 1.29 is 8.81 Å². The van der Waals surface area contributed by atoms with Gasteiger partial charge < -0.3 is 9.73 Å². The van der Waals surface area contributed by atoms with E-state index < -0.39 is 0 Å². The van der Waals surface area contributed by atoms with Crippen LogP contribution < -0.4 is 5.32 Å². The monoisotopic (exact) mass is 217 g/mol. The second kappa shape index (κ2) is 3.76. The lowest BCUT2D eigenvalue weighted by molar-refractivity contribution is 0.607. The minimum atomic E-state index is -0.205. The van der Waals surface area contributed by atoms with Crippen molar-refractivity contribution in [3.8, 4) is 0 Å². The van der Waals surface area contributed by atoms with Crippen LogP contribution in [0.2, 0.25) is 0 Å². The van der Waals surface area contributed by atoms with E-state index in [0.29, 0.717) is 0 Å². The molecule has 0 atom stereocenters. The van der Waals surface area contributed by atoms with Crippen molar-refractivity contribution in [2.24, 2.45) is 0 Å². The van der Waals surface area contributed by atoms with Crippen molar-refractivity contribution in [2.45, 2.75) is 6.42 Å². The highest BCUT2D eigenvalue weighted by Crippen LogP contribution is 2.29. The van der Waals surface area contributed by atoms with Gasteiger partial charge in [-0.15, -0.1) is 0 Å². The Morgan fingerprint density at radius 2 is 2.25 bits per heavy atom. The molecule has 0 amide bonds. The van der Waals surface area contributed by atoms with Gasteiger partial charge in [-0.25, -0.2) is 4.39 Å². The summed E-state index contributed by atoms with van der Waals surface area (Å²) in [5, 5.41) is 4.07. The molecule has 0 saturated heterocycles. The first-order chi connectivity index (χ1) is 7.84. The van der Waals surface area contributed by atoms with Gasteiger partial charge in [0.05, 0.1) is 6.26 Å². The molecule has 3 rings (SSSR count). The predicted molar refractivity (Wildman–Crippen MR) is 61.6 cm³/mol. The Kier molecular flexibility index (Phi) is 2.26. The number of nitrogens with one attached hydrogen (secondary N) is 1. The van der Waals surface area contributed by atoms with E-state index in [-0.39, 0.29) is 5.82 Å². The van der Waals surface area contributed by atoms with E-state index in [1.807, 2.05) is 0 Å². The fourth-order valence-corrected chi connectivity index (χ4v) is 2.15. The highest BCUT2D eigenvalue weighted by atomic mass is 19.1. The van der Waals surface area contributed by atoms with Gasteiger partial charge in [-0.2, -0.15) is 0 Å². The van der Waals surface area contributed by atoms with Crippen molar-refractivity contribution in [1.82, 2.24) is 5.32 Å². The summed E-state index contributed by atoms with van der Waals surface area (Å²) in [6.07, 6.45) is 4.62. The van der Waals surface area contributed by atoms with E-state index in [4.69, 9.17) is 4.42 Å². The minimum Gasteiger partial charge on any atom is -0.464 e. The Hall–Kier alpha value is -1.61. The average Bonchev–Trinajstić information content (AvgIpc) is 2.77. The van der Waals surface area contributed by atoms with Gasteiger partial charge in [-0.05, 0) is 36.7 Å². The zero-order valence-electron chi connectivity index (χ0n) is 8.79. The van der Waals surface area contributed by atoms with E-state index in [1.165, 1.54) is 11.6 Å². The van der Waals surface area contributed by atoms with Gasteiger partial charge in [0, 0.05) is 17.5 Å². The fourth-order valence-electron chi connectivity index (χ4n) is 2.15. The first-order valence-corrected chi connectivity index (χ1v) is 5.41. The smallest absolute Gasteiger partial charge is 0.141 e. The van der Waals surface area contributed by atoms with Crippen molar-refractivity contribution in [2.75, 3.05) is 13.1 Å². The van der Waals surface area contributed by atoms with E-state index in [9.17, 15) is 4.39 Å². The molecule has 0 radical (unpaired) electrons. The summed E-state index contributed by atoms with van der Waals surface area (Å²) in [4.78, 5) is 0. The molecule has 2 nitrogen and oxygen atoms in total. The van der Waals surface area contributed by atoms with Crippen molar-refractivity contribution >= 4 is 16.5 Å². The van der Waals surface area contributed by atoms with Crippen LogP contribution >= 0.6 is 0 Å². The SMILES string of the molecule is Fc1cc(C2=CCNCC2)c2occc2c1. The number of rotatable bonds is 1. The van der Waals surface area contributed by atoms with E-state index >= 15 is 0 Å². The quantitative estimate of drug-likeness (QED) is 0.794. The molecular weight excluding hydrogens is 205 g/mol. The second-order valence-corrected chi connectivity index (χ2v) is 3.98. The van der Waals surface area contributed by atoms with Crippen LogP contribution in [0, 0.1) is 5.82 Å². The summed E-state index contributed by atoms with van der Waals surface area (Å²) < 4.78 is 18.9. The summed E-state index contributed by atoms with van der Waals surface area (Å²) in [7, 11) is 0. The molecule has 2 aromatic rings. The normalized spacial score (nSPS) is 16.4. The van der Waals surface area contributed by atoms with Crippen LogP contribution in [0.5, 0.6) is 0 Å². The van der Waals surface area contributed by atoms with Crippen LogP contribution in [0.1, 0.15) is 12.0 Å². The van der Waals surface area contributed by atoms with Gasteiger partial charge in [0.15, 0.2) is 0 Å². The third kappa shape index (κ3) is 1.53. The number of furan rings is 1. The maximum Gasteiger partial charge on any atom is 0.141 e. The Labute approximate surface area is 92.8 Å². The minimum absolute atomic E-state index is 0.205. The topological polar surface area (TPSA) is 25.2 Å². The highest BCUT2D eigenvalue weighted by molar-refractivity contribution is 5.90. The molecule has 0 bridgehead atoms. The first-order valence-electron chi connectivity index (χ1n) is 5.41. The molecule has 0 fully saturated rings. The molecule has 2 heterocycles. The van der Waals surface area contributed by atoms with E-state index in [0.717, 1.165) is 36.0 Å². The Morgan fingerprint density at radius 3 is 3.06 bits per heavy atom. The van der Waals surface area contributed by atoms with Crippen LogP contribution in [0.4, 0.5) is 4.39 Å². The standard InChI is InChI=1S/C13H12FNO/c14-11-7-10-3-6-16-13(10)12(8-11)9-1-4-15-5-2-9/h1,3,6-8,15H,2,4-5H2. The number of hydrogen-bond donors (Lipinski definition) is 1. The predicted octanol–water partition coefficient (Wildman–Crippen LogP) is 2.95. The summed E-state index contributed by atoms with van der Waals surface area (Å²) in [6, 6.07) is 4.86. The summed E-state index contributed by atoms with van der Waals surface area (Å²) in [5.41, 5.74) is 2.84. The highest BCUT2D eigenvalue weighted by Gasteiger charge is 2.13. The third-order valence-electron chi connectivity index (χ3n) is 2.93. The van der Waals surface area contributed by atoms with Gasteiger partial charge >= 0.3 is 0 Å². The number of benzene rings is 1. The molecule has 0 saturated carbocycles.